The molecule has 0 saturated carbocycles. The summed E-state index contributed by atoms with van der Waals surface area (Å²) in [6.07, 6.45) is 0.143. The Morgan fingerprint density at radius 3 is 2.43 bits per heavy atom. The number of carbonyl (C=O) groups excluding carboxylic acids is 3. The molecule has 0 aliphatic heterocycles. The van der Waals surface area contributed by atoms with Crippen molar-refractivity contribution in [1.29, 1.82) is 0 Å². The molecule has 8 nitrogen and oxygen atoms in total. The fourth-order valence-electron chi connectivity index (χ4n) is 1.23. The Balaban J connectivity index is 4.26. The van der Waals surface area contributed by atoms with Crippen molar-refractivity contribution in [2.45, 2.75) is 32.4 Å². The molecule has 0 spiro atoms. The maximum absolute atomic E-state index is 11.7. The van der Waals surface area contributed by atoms with Gasteiger partial charge >= 0.3 is 18.2 Å². The van der Waals surface area contributed by atoms with Gasteiger partial charge in [-0.15, -0.1) is 11.8 Å². The number of rotatable bonds is 8. The number of nitrogens with one attached hydrogen (secondary N) is 2. The molecule has 0 bridgehead atoms. The zero-order chi connectivity index (χ0) is 17.9. The molecule has 0 aliphatic carbocycles. The lowest BCUT2D eigenvalue weighted by Crippen LogP contribution is -2.45. The van der Waals surface area contributed by atoms with Gasteiger partial charge in [-0.1, -0.05) is 12.7 Å². The molecule has 0 aromatic heterocycles. The van der Waals surface area contributed by atoms with Crippen LogP contribution >= 0.6 is 11.8 Å². The number of hydrogen-bond acceptors (Lipinski definition) is 7. The van der Waals surface area contributed by atoms with Crippen LogP contribution in [0, 0.1) is 0 Å². The molecule has 0 aliphatic rings. The summed E-state index contributed by atoms with van der Waals surface area (Å²) in [5.74, 6) is -0.190. The molecular weight excluding hydrogens is 324 g/mol. The lowest BCUT2D eigenvalue weighted by Gasteiger charge is -2.22. The normalized spacial score (nSPS) is 11.8. The highest BCUT2D eigenvalue weighted by atomic mass is 32.2. The van der Waals surface area contributed by atoms with Gasteiger partial charge in [0.15, 0.2) is 0 Å². The van der Waals surface area contributed by atoms with Gasteiger partial charge < -0.3 is 24.8 Å². The largest absolute Gasteiger partial charge is 0.467 e. The van der Waals surface area contributed by atoms with E-state index in [-0.39, 0.29) is 18.2 Å². The average molecular weight is 348 g/mol. The number of alkyl carbamates (subject to hydrolysis) is 2. The van der Waals surface area contributed by atoms with Crippen LogP contribution in [0.15, 0.2) is 12.7 Å². The summed E-state index contributed by atoms with van der Waals surface area (Å²) in [6, 6.07) is -0.883. The molecule has 0 aromatic carbocycles. The highest BCUT2D eigenvalue weighted by molar-refractivity contribution is 7.99. The molecule has 9 heteroatoms. The van der Waals surface area contributed by atoms with Crippen LogP contribution in [0.5, 0.6) is 0 Å². The van der Waals surface area contributed by atoms with Crippen molar-refractivity contribution in [2.24, 2.45) is 0 Å². The Labute approximate surface area is 140 Å². The van der Waals surface area contributed by atoms with Gasteiger partial charge in [-0.3, -0.25) is 0 Å². The van der Waals surface area contributed by atoms with Crippen LogP contribution in [0.3, 0.4) is 0 Å². The molecule has 2 N–H and O–H groups in total. The molecular formula is C14H24N2O6S. The summed E-state index contributed by atoms with van der Waals surface area (Å²) >= 11 is 1.22. The first-order valence-corrected chi connectivity index (χ1v) is 8.01. The number of ether oxygens (including phenoxy) is 3. The number of methoxy groups -OCH3 is 1. The monoisotopic (exact) mass is 348 g/mol. The van der Waals surface area contributed by atoms with Crippen LogP contribution in [-0.2, 0) is 19.0 Å². The second kappa shape index (κ2) is 10.8. The minimum absolute atomic E-state index is 0.113. The third-order valence-electron chi connectivity index (χ3n) is 2.11. The van der Waals surface area contributed by atoms with Gasteiger partial charge in [0.2, 0.25) is 0 Å². The van der Waals surface area contributed by atoms with Gasteiger partial charge in [-0.05, 0) is 20.8 Å². The van der Waals surface area contributed by atoms with E-state index < -0.39 is 29.8 Å². The molecule has 23 heavy (non-hydrogen) atoms. The smallest absolute Gasteiger partial charge is 0.408 e. The first-order valence-electron chi connectivity index (χ1n) is 6.86. The van der Waals surface area contributed by atoms with Gasteiger partial charge in [-0.25, -0.2) is 14.4 Å². The second-order valence-electron chi connectivity index (χ2n) is 5.30. The minimum atomic E-state index is -0.883. The lowest BCUT2D eigenvalue weighted by atomic mass is 10.2. The highest BCUT2D eigenvalue weighted by Crippen LogP contribution is 2.08. The average Bonchev–Trinajstić information content (AvgIpc) is 2.45. The first-order chi connectivity index (χ1) is 10.7. The first kappa shape index (κ1) is 21.1. The Bertz CT molecular complexity index is 422. The van der Waals surface area contributed by atoms with E-state index in [0.717, 1.165) is 0 Å². The molecule has 0 rings (SSSR count). The van der Waals surface area contributed by atoms with E-state index in [1.807, 2.05) is 0 Å². The van der Waals surface area contributed by atoms with Crippen LogP contribution in [-0.4, -0.2) is 55.1 Å². The van der Waals surface area contributed by atoms with Crippen molar-refractivity contribution >= 4 is 29.9 Å². The third-order valence-corrected chi connectivity index (χ3v) is 3.03. The maximum Gasteiger partial charge on any atom is 0.408 e. The molecule has 2 amide bonds. The van der Waals surface area contributed by atoms with Crippen LogP contribution in [0.25, 0.3) is 0 Å². The van der Waals surface area contributed by atoms with Crippen LogP contribution in [0.1, 0.15) is 20.8 Å². The van der Waals surface area contributed by atoms with E-state index in [1.54, 1.807) is 20.8 Å². The Hall–Kier alpha value is -1.90. The van der Waals surface area contributed by atoms with Gasteiger partial charge in [0.25, 0.3) is 0 Å². The number of esters is 1. The van der Waals surface area contributed by atoms with E-state index in [2.05, 4.69) is 21.9 Å². The Morgan fingerprint density at radius 1 is 1.26 bits per heavy atom. The lowest BCUT2D eigenvalue weighted by molar-refractivity contribution is -0.142. The summed E-state index contributed by atoms with van der Waals surface area (Å²) in [5, 5.41) is 4.91. The Morgan fingerprint density at radius 2 is 1.91 bits per heavy atom. The summed E-state index contributed by atoms with van der Waals surface area (Å²) < 4.78 is 14.4. The Kier molecular flexibility index (Phi) is 9.87. The van der Waals surface area contributed by atoms with Gasteiger partial charge in [0.05, 0.1) is 13.0 Å². The summed E-state index contributed by atoms with van der Waals surface area (Å²) in [7, 11) is 1.22. The van der Waals surface area contributed by atoms with Crippen molar-refractivity contribution in [2.75, 3.05) is 25.3 Å². The van der Waals surface area contributed by atoms with Crippen LogP contribution in [0.4, 0.5) is 9.59 Å². The van der Waals surface area contributed by atoms with Crippen molar-refractivity contribution in [3.05, 3.63) is 12.7 Å². The number of hydrogen-bond donors (Lipinski definition) is 2. The van der Waals surface area contributed by atoms with E-state index in [4.69, 9.17) is 9.47 Å². The molecule has 0 fully saturated rings. The van der Waals surface area contributed by atoms with Gasteiger partial charge in [0.1, 0.15) is 18.2 Å². The predicted octanol–water partition coefficient (Wildman–Crippen LogP) is 1.66. The fraction of sp³-hybridized carbons (Fsp3) is 0.643. The molecule has 0 saturated heterocycles. The molecule has 0 aromatic rings. The van der Waals surface area contributed by atoms with E-state index in [0.29, 0.717) is 0 Å². The topological polar surface area (TPSA) is 103 Å². The van der Waals surface area contributed by atoms with Crippen molar-refractivity contribution in [3.63, 3.8) is 0 Å². The SMILES string of the molecule is C=CCOC(=O)NCSC[C@H](NC(=O)OC(C)(C)C)C(=O)OC. The van der Waals surface area contributed by atoms with Gasteiger partial charge in [0, 0.05) is 5.75 Å². The standard InChI is InChI=1S/C14H24N2O6S/c1-6-7-21-12(18)15-9-23-8-10(11(17)20-5)16-13(19)22-14(2,3)4/h6,10H,1,7-9H2,2-5H3,(H,15,18)(H,16,19)/t10-/m0/s1. The molecule has 0 radical (unpaired) electrons. The van der Waals surface area contributed by atoms with Crippen molar-refractivity contribution < 1.29 is 28.6 Å². The summed E-state index contributed by atoms with van der Waals surface area (Å²) in [6.45, 7) is 8.68. The predicted molar refractivity (Wildman–Crippen MR) is 87.2 cm³/mol. The highest BCUT2D eigenvalue weighted by Gasteiger charge is 2.24. The summed E-state index contributed by atoms with van der Waals surface area (Å²) in [4.78, 5) is 34.5. The molecule has 0 unspecified atom stereocenters. The van der Waals surface area contributed by atoms with Crippen molar-refractivity contribution in [1.82, 2.24) is 10.6 Å². The van der Waals surface area contributed by atoms with Crippen LogP contribution in [0.2, 0.25) is 0 Å². The molecule has 0 heterocycles. The zero-order valence-electron chi connectivity index (χ0n) is 13.8. The molecule has 132 valence electrons. The molecule has 1 atom stereocenters. The number of amides is 2. The minimum Gasteiger partial charge on any atom is -0.467 e. The zero-order valence-corrected chi connectivity index (χ0v) is 14.7. The van der Waals surface area contributed by atoms with Crippen LogP contribution < -0.4 is 10.6 Å². The number of carbonyl (C=O) groups is 3. The van der Waals surface area contributed by atoms with E-state index >= 15 is 0 Å². The summed E-state index contributed by atoms with van der Waals surface area (Å²) in [5.41, 5.74) is -0.672. The van der Waals surface area contributed by atoms with Crippen molar-refractivity contribution in [3.8, 4) is 0 Å². The van der Waals surface area contributed by atoms with E-state index in [9.17, 15) is 14.4 Å². The van der Waals surface area contributed by atoms with Gasteiger partial charge in [-0.2, -0.15) is 0 Å². The fourth-order valence-corrected chi connectivity index (χ4v) is 2.03. The number of thioether (sulfide) groups is 1. The maximum atomic E-state index is 11.7. The van der Waals surface area contributed by atoms with E-state index in [1.165, 1.54) is 24.9 Å². The second-order valence-corrected chi connectivity index (χ2v) is 6.33. The quantitative estimate of drug-likeness (QED) is 0.226. The third kappa shape index (κ3) is 11.3.